The van der Waals surface area contributed by atoms with E-state index in [4.69, 9.17) is 4.74 Å². The van der Waals surface area contributed by atoms with Gasteiger partial charge in [0.05, 0.1) is 17.9 Å². The van der Waals surface area contributed by atoms with E-state index >= 15 is 0 Å². The van der Waals surface area contributed by atoms with Gasteiger partial charge in [0.25, 0.3) is 5.91 Å². The highest BCUT2D eigenvalue weighted by atomic mass is 32.1. The Balaban J connectivity index is 1.63. The number of likely N-dealkylation sites (N-methyl/N-ethyl adjacent to an activating group) is 1. The quantitative estimate of drug-likeness (QED) is 0.678. The van der Waals surface area contributed by atoms with Crippen LogP contribution < -0.4 is 4.74 Å². The standard InChI is InChI=1S/C19H19N3O2S/c1-14-17(25-18(21-14)16-10-6-7-11-20-16)19(23)22(2)12-13-24-15-8-4-3-5-9-15/h3-11H,12-13H2,1-2H3. The summed E-state index contributed by atoms with van der Waals surface area (Å²) in [5.74, 6) is 0.753. The van der Waals surface area contributed by atoms with Gasteiger partial charge in [-0.1, -0.05) is 24.3 Å². The Kier molecular flexibility index (Phi) is 5.40. The Morgan fingerprint density at radius 2 is 1.92 bits per heavy atom. The number of hydrogen-bond donors (Lipinski definition) is 0. The van der Waals surface area contributed by atoms with Crippen LogP contribution in [0.1, 0.15) is 15.4 Å². The number of pyridine rings is 1. The number of carbonyl (C=O) groups is 1. The van der Waals surface area contributed by atoms with Crippen molar-refractivity contribution in [2.45, 2.75) is 6.92 Å². The summed E-state index contributed by atoms with van der Waals surface area (Å²) >= 11 is 1.37. The van der Waals surface area contributed by atoms with Gasteiger partial charge in [0.15, 0.2) is 0 Å². The van der Waals surface area contributed by atoms with Crippen LogP contribution in [0.4, 0.5) is 0 Å². The maximum Gasteiger partial charge on any atom is 0.265 e. The number of rotatable bonds is 6. The summed E-state index contributed by atoms with van der Waals surface area (Å²) in [5, 5.41) is 0.760. The minimum atomic E-state index is -0.0474. The summed E-state index contributed by atoms with van der Waals surface area (Å²) in [6, 6.07) is 15.2. The van der Waals surface area contributed by atoms with Gasteiger partial charge in [-0.2, -0.15) is 0 Å². The summed E-state index contributed by atoms with van der Waals surface area (Å²) < 4.78 is 5.65. The number of ether oxygens (including phenoxy) is 1. The Bertz CT molecular complexity index is 834. The molecule has 0 saturated carbocycles. The second-order valence-corrected chi connectivity index (χ2v) is 6.54. The molecule has 0 N–H and O–H groups in total. The fourth-order valence-corrected chi connectivity index (χ4v) is 3.32. The van der Waals surface area contributed by atoms with Gasteiger partial charge in [-0.05, 0) is 31.2 Å². The maximum atomic E-state index is 12.7. The third-order valence-corrected chi connectivity index (χ3v) is 4.83. The number of para-hydroxylation sites is 1. The van der Waals surface area contributed by atoms with Crippen LogP contribution in [0.5, 0.6) is 5.75 Å². The van der Waals surface area contributed by atoms with Crippen molar-refractivity contribution in [1.29, 1.82) is 0 Å². The molecule has 3 rings (SSSR count). The molecule has 0 saturated heterocycles. The van der Waals surface area contributed by atoms with E-state index in [-0.39, 0.29) is 5.91 Å². The molecule has 0 aliphatic heterocycles. The van der Waals surface area contributed by atoms with Crippen LogP contribution in [-0.2, 0) is 0 Å². The molecule has 0 fully saturated rings. The molecule has 2 aromatic heterocycles. The zero-order valence-electron chi connectivity index (χ0n) is 14.2. The molecule has 25 heavy (non-hydrogen) atoms. The van der Waals surface area contributed by atoms with Crippen LogP contribution >= 0.6 is 11.3 Å². The summed E-state index contributed by atoms with van der Waals surface area (Å²) in [4.78, 5) is 23.8. The number of amides is 1. The molecule has 2 heterocycles. The average molecular weight is 353 g/mol. The molecule has 0 bridgehead atoms. The molecule has 1 amide bonds. The Labute approximate surface area is 150 Å². The van der Waals surface area contributed by atoms with Crippen molar-refractivity contribution in [2.24, 2.45) is 0 Å². The third-order valence-electron chi connectivity index (χ3n) is 3.66. The molecule has 128 valence electrons. The Morgan fingerprint density at radius 3 is 2.64 bits per heavy atom. The number of carbonyl (C=O) groups excluding carboxylic acids is 1. The second kappa shape index (κ2) is 7.90. The molecule has 3 aromatic rings. The van der Waals surface area contributed by atoms with Gasteiger partial charge in [-0.15, -0.1) is 11.3 Å². The topological polar surface area (TPSA) is 55.3 Å². The zero-order chi connectivity index (χ0) is 17.6. The van der Waals surface area contributed by atoms with Crippen molar-refractivity contribution < 1.29 is 9.53 Å². The lowest BCUT2D eigenvalue weighted by Gasteiger charge is -2.16. The van der Waals surface area contributed by atoms with Gasteiger partial charge in [-0.3, -0.25) is 9.78 Å². The fourth-order valence-electron chi connectivity index (χ4n) is 2.29. The van der Waals surface area contributed by atoms with Crippen molar-refractivity contribution in [3.63, 3.8) is 0 Å². The predicted molar refractivity (Wildman–Crippen MR) is 99.0 cm³/mol. The predicted octanol–water partition coefficient (Wildman–Crippen LogP) is 3.66. The summed E-state index contributed by atoms with van der Waals surface area (Å²) in [5.41, 5.74) is 1.51. The number of hydrogen-bond acceptors (Lipinski definition) is 5. The number of benzene rings is 1. The van der Waals surface area contributed by atoms with Gasteiger partial charge in [-0.25, -0.2) is 4.98 Å². The maximum absolute atomic E-state index is 12.7. The molecule has 0 unspecified atom stereocenters. The van der Waals surface area contributed by atoms with Gasteiger partial charge in [0, 0.05) is 13.2 Å². The highest BCUT2D eigenvalue weighted by Gasteiger charge is 2.19. The van der Waals surface area contributed by atoms with Crippen LogP contribution in [0.15, 0.2) is 54.7 Å². The van der Waals surface area contributed by atoms with Crippen LogP contribution in [-0.4, -0.2) is 41.0 Å². The minimum Gasteiger partial charge on any atom is -0.492 e. The average Bonchev–Trinajstić information content (AvgIpc) is 3.04. The molecular weight excluding hydrogens is 334 g/mol. The molecule has 0 aliphatic rings. The van der Waals surface area contributed by atoms with Gasteiger partial charge in [0.2, 0.25) is 0 Å². The summed E-state index contributed by atoms with van der Waals surface area (Å²) in [7, 11) is 1.77. The largest absolute Gasteiger partial charge is 0.492 e. The fraction of sp³-hybridized carbons (Fsp3) is 0.211. The molecule has 6 heteroatoms. The van der Waals surface area contributed by atoms with E-state index in [1.54, 1.807) is 18.1 Å². The van der Waals surface area contributed by atoms with E-state index in [9.17, 15) is 4.79 Å². The van der Waals surface area contributed by atoms with Gasteiger partial charge >= 0.3 is 0 Å². The molecule has 0 radical (unpaired) electrons. The molecule has 1 aromatic carbocycles. The number of aromatic nitrogens is 2. The molecule has 5 nitrogen and oxygen atoms in total. The molecule has 0 spiro atoms. The Morgan fingerprint density at radius 1 is 1.16 bits per heavy atom. The number of nitrogens with zero attached hydrogens (tertiary/aromatic N) is 3. The molecular formula is C19H19N3O2S. The van der Waals surface area contributed by atoms with Gasteiger partial charge < -0.3 is 9.64 Å². The smallest absolute Gasteiger partial charge is 0.265 e. The normalized spacial score (nSPS) is 10.5. The minimum absolute atomic E-state index is 0.0474. The highest BCUT2D eigenvalue weighted by Crippen LogP contribution is 2.27. The molecule has 0 atom stereocenters. The lowest BCUT2D eigenvalue weighted by molar-refractivity contribution is 0.0777. The van der Waals surface area contributed by atoms with Crippen LogP contribution in [0.25, 0.3) is 10.7 Å². The first-order valence-electron chi connectivity index (χ1n) is 7.97. The Hall–Kier alpha value is -2.73. The number of aryl methyl sites for hydroxylation is 1. The first kappa shape index (κ1) is 17.1. The van der Waals surface area contributed by atoms with Crippen molar-refractivity contribution in [3.8, 4) is 16.5 Å². The van der Waals surface area contributed by atoms with E-state index in [0.717, 1.165) is 22.1 Å². The van der Waals surface area contributed by atoms with Crippen LogP contribution in [0, 0.1) is 6.92 Å². The first-order valence-corrected chi connectivity index (χ1v) is 8.79. The third kappa shape index (κ3) is 4.22. The lowest BCUT2D eigenvalue weighted by atomic mass is 10.3. The van der Waals surface area contributed by atoms with E-state index in [1.807, 2.05) is 55.5 Å². The van der Waals surface area contributed by atoms with E-state index < -0.39 is 0 Å². The zero-order valence-corrected chi connectivity index (χ0v) is 15.0. The van der Waals surface area contributed by atoms with E-state index in [2.05, 4.69) is 9.97 Å². The molecule has 0 aliphatic carbocycles. The van der Waals surface area contributed by atoms with Crippen molar-refractivity contribution in [1.82, 2.24) is 14.9 Å². The SMILES string of the molecule is Cc1nc(-c2ccccn2)sc1C(=O)N(C)CCOc1ccccc1. The van der Waals surface area contributed by atoms with E-state index in [1.165, 1.54) is 11.3 Å². The van der Waals surface area contributed by atoms with E-state index in [0.29, 0.717) is 18.0 Å². The van der Waals surface area contributed by atoms with Crippen LogP contribution in [0.2, 0.25) is 0 Å². The van der Waals surface area contributed by atoms with Gasteiger partial charge in [0.1, 0.15) is 22.2 Å². The monoisotopic (exact) mass is 353 g/mol. The lowest BCUT2D eigenvalue weighted by Crippen LogP contribution is -2.30. The van der Waals surface area contributed by atoms with Crippen molar-refractivity contribution >= 4 is 17.2 Å². The van der Waals surface area contributed by atoms with Crippen LogP contribution in [0.3, 0.4) is 0 Å². The van der Waals surface area contributed by atoms with Crippen molar-refractivity contribution in [2.75, 3.05) is 20.2 Å². The summed E-state index contributed by atoms with van der Waals surface area (Å²) in [6.07, 6.45) is 1.72. The van der Waals surface area contributed by atoms with Crippen molar-refractivity contribution in [3.05, 3.63) is 65.3 Å². The summed E-state index contributed by atoms with van der Waals surface area (Å²) in [6.45, 7) is 2.80. The number of thiazole rings is 1. The first-order chi connectivity index (χ1) is 12.1. The second-order valence-electron chi connectivity index (χ2n) is 5.54. The highest BCUT2D eigenvalue weighted by molar-refractivity contribution is 7.17.